The standard InChI is InChI=1S/C24H29F4N5O3/c1-13(9-32-21(29-5)24(26,27)28)18-8-15(17(25)11-30-18)10-31-20(34)19-16-7-6-14(16)12-33(19)22(35)36-23(2,3)4/h8-9,11,14,16,19H,5-7,10,12H2,1-4H3,(H,31,34)/b13-9+,32-21?/t14-,16?,19?/m0/s1. The van der Waals surface area contributed by atoms with Gasteiger partial charge in [0, 0.05) is 24.9 Å². The molecule has 0 aromatic carbocycles. The minimum Gasteiger partial charge on any atom is -0.444 e. The molecular formula is C24H29F4N5O3. The highest BCUT2D eigenvalue weighted by Crippen LogP contribution is 2.45. The van der Waals surface area contributed by atoms with E-state index in [0.717, 1.165) is 25.2 Å². The molecule has 1 N–H and O–H groups in total. The van der Waals surface area contributed by atoms with Crippen molar-refractivity contribution in [2.24, 2.45) is 21.8 Å². The quantitative estimate of drug-likeness (QED) is 0.358. The molecule has 0 bridgehead atoms. The normalized spacial score (nSPS) is 22.6. The number of allylic oxidation sites excluding steroid dienone is 1. The summed E-state index contributed by atoms with van der Waals surface area (Å²) in [5.74, 6) is -2.31. The van der Waals surface area contributed by atoms with Crippen LogP contribution in [0.5, 0.6) is 0 Å². The van der Waals surface area contributed by atoms with E-state index in [1.165, 1.54) is 17.9 Å². The summed E-state index contributed by atoms with van der Waals surface area (Å²) in [7, 11) is 0. The number of hydrogen-bond donors (Lipinski definition) is 1. The summed E-state index contributed by atoms with van der Waals surface area (Å²) in [6.07, 6.45) is -1.78. The van der Waals surface area contributed by atoms with E-state index in [-0.39, 0.29) is 35.2 Å². The number of aliphatic imine (C=N–C) groups is 2. The average Bonchev–Trinajstić information content (AvgIpc) is 3.01. The molecule has 36 heavy (non-hydrogen) atoms. The van der Waals surface area contributed by atoms with E-state index in [4.69, 9.17) is 4.74 Å². The number of nitrogens with one attached hydrogen (secondary N) is 1. The second-order valence-corrected chi connectivity index (χ2v) is 9.88. The molecule has 3 atom stereocenters. The van der Waals surface area contributed by atoms with Gasteiger partial charge < -0.3 is 10.1 Å². The molecule has 12 heteroatoms. The van der Waals surface area contributed by atoms with Crippen LogP contribution in [0.3, 0.4) is 0 Å². The molecule has 8 nitrogen and oxygen atoms in total. The van der Waals surface area contributed by atoms with Crippen LogP contribution in [0.15, 0.2) is 28.4 Å². The Morgan fingerprint density at radius 2 is 2.00 bits per heavy atom. The Kier molecular flexibility index (Phi) is 7.85. The molecule has 2 heterocycles. The van der Waals surface area contributed by atoms with E-state index in [9.17, 15) is 27.2 Å². The summed E-state index contributed by atoms with van der Waals surface area (Å²) < 4.78 is 58.2. The van der Waals surface area contributed by atoms with Crippen molar-refractivity contribution in [2.75, 3.05) is 6.54 Å². The van der Waals surface area contributed by atoms with Crippen LogP contribution in [0, 0.1) is 17.7 Å². The Morgan fingerprint density at radius 3 is 2.56 bits per heavy atom. The molecule has 1 aromatic rings. The fourth-order valence-corrected chi connectivity index (χ4v) is 4.23. The average molecular weight is 512 g/mol. The summed E-state index contributed by atoms with van der Waals surface area (Å²) >= 11 is 0. The summed E-state index contributed by atoms with van der Waals surface area (Å²) in [6, 6.07) is 0.601. The molecule has 1 aromatic heterocycles. The number of carbonyl (C=O) groups excluding carboxylic acids is 2. The number of amidine groups is 1. The third-order valence-electron chi connectivity index (χ3n) is 6.12. The van der Waals surface area contributed by atoms with Gasteiger partial charge in [-0.2, -0.15) is 13.2 Å². The van der Waals surface area contributed by atoms with Gasteiger partial charge in [-0.15, -0.1) is 0 Å². The lowest BCUT2D eigenvalue weighted by Gasteiger charge is -2.33. The van der Waals surface area contributed by atoms with Crippen LogP contribution >= 0.6 is 0 Å². The van der Waals surface area contributed by atoms with Crippen LogP contribution in [-0.2, 0) is 16.1 Å². The lowest BCUT2D eigenvalue weighted by Crippen LogP contribution is -2.50. The Bertz CT molecular complexity index is 1090. The molecule has 2 unspecified atom stereocenters. The highest BCUT2D eigenvalue weighted by molar-refractivity contribution is 5.92. The van der Waals surface area contributed by atoms with Gasteiger partial charge in [0.25, 0.3) is 0 Å². The van der Waals surface area contributed by atoms with Crippen molar-refractivity contribution in [2.45, 2.75) is 64.9 Å². The smallest absolute Gasteiger partial charge is 0.444 e. The maximum atomic E-state index is 14.4. The fourth-order valence-electron chi connectivity index (χ4n) is 4.23. The molecule has 2 fully saturated rings. The molecule has 0 spiro atoms. The number of carbonyl (C=O) groups is 2. The first kappa shape index (κ1) is 27.3. The minimum absolute atomic E-state index is 0.0136. The van der Waals surface area contributed by atoms with E-state index in [1.807, 2.05) is 0 Å². The summed E-state index contributed by atoms with van der Waals surface area (Å²) in [5.41, 5.74) is -0.244. The van der Waals surface area contributed by atoms with Crippen LogP contribution in [0.2, 0.25) is 0 Å². The minimum atomic E-state index is -4.77. The van der Waals surface area contributed by atoms with Gasteiger partial charge in [-0.1, -0.05) is 0 Å². The topological polar surface area (TPSA) is 96.2 Å². The number of rotatable bonds is 5. The monoisotopic (exact) mass is 511 g/mol. The van der Waals surface area contributed by atoms with Crippen molar-refractivity contribution < 1.29 is 31.9 Å². The number of fused-ring (bicyclic) bond motifs is 1. The maximum Gasteiger partial charge on any atom is 0.451 e. The predicted molar refractivity (Wildman–Crippen MR) is 126 cm³/mol. The fraction of sp³-hybridized carbons (Fsp3) is 0.542. The van der Waals surface area contributed by atoms with E-state index in [1.54, 1.807) is 20.8 Å². The predicted octanol–water partition coefficient (Wildman–Crippen LogP) is 4.50. The number of pyridine rings is 1. The number of likely N-dealkylation sites (tertiary alicyclic amines) is 1. The van der Waals surface area contributed by atoms with Crippen molar-refractivity contribution in [3.8, 4) is 0 Å². The third kappa shape index (κ3) is 6.27. The number of amides is 2. The van der Waals surface area contributed by atoms with E-state index in [2.05, 4.69) is 27.0 Å². The van der Waals surface area contributed by atoms with Crippen LogP contribution < -0.4 is 5.32 Å². The lowest BCUT2D eigenvalue weighted by molar-refractivity contribution is -0.127. The van der Waals surface area contributed by atoms with Gasteiger partial charge in [-0.3, -0.25) is 14.7 Å². The zero-order chi connectivity index (χ0) is 26.8. The molecule has 196 valence electrons. The SMILES string of the molecule is C=NC(=N/C=C(\C)c1cc(CNC(=O)C2C3CC[C@H]3CN2C(=O)OC(C)(C)C)c(F)cn1)C(F)(F)F. The Balaban J connectivity index is 1.73. The molecule has 1 aliphatic carbocycles. The number of alkyl halides is 3. The first-order valence-electron chi connectivity index (χ1n) is 11.4. The highest BCUT2D eigenvalue weighted by Gasteiger charge is 2.52. The van der Waals surface area contributed by atoms with Gasteiger partial charge in [-0.05, 0) is 70.7 Å². The molecule has 1 saturated carbocycles. The third-order valence-corrected chi connectivity index (χ3v) is 6.12. The largest absolute Gasteiger partial charge is 0.451 e. The highest BCUT2D eigenvalue weighted by atomic mass is 19.4. The van der Waals surface area contributed by atoms with E-state index in [0.29, 0.717) is 6.54 Å². The number of ether oxygens (including phenoxy) is 1. The van der Waals surface area contributed by atoms with Gasteiger partial charge in [0.1, 0.15) is 17.5 Å². The first-order chi connectivity index (χ1) is 16.7. The maximum absolute atomic E-state index is 14.4. The van der Waals surface area contributed by atoms with Gasteiger partial charge in [0.2, 0.25) is 11.7 Å². The number of halogens is 4. The van der Waals surface area contributed by atoms with Crippen molar-refractivity contribution in [3.63, 3.8) is 0 Å². The molecule has 2 amide bonds. The zero-order valence-electron chi connectivity index (χ0n) is 20.5. The lowest BCUT2D eigenvalue weighted by atomic mass is 9.73. The van der Waals surface area contributed by atoms with E-state index < -0.39 is 41.5 Å². The van der Waals surface area contributed by atoms with Crippen molar-refractivity contribution >= 4 is 30.1 Å². The van der Waals surface area contributed by atoms with Gasteiger partial charge in [-0.25, -0.2) is 19.2 Å². The van der Waals surface area contributed by atoms with Crippen LogP contribution in [0.4, 0.5) is 22.4 Å². The van der Waals surface area contributed by atoms with Gasteiger partial charge >= 0.3 is 12.3 Å². The summed E-state index contributed by atoms with van der Waals surface area (Å²) in [6.45, 7) is 9.77. The summed E-state index contributed by atoms with van der Waals surface area (Å²) in [4.78, 5) is 37.2. The second-order valence-electron chi connectivity index (χ2n) is 9.88. The zero-order valence-corrected chi connectivity index (χ0v) is 20.5. The van der Waals surface area contributed by atoms with E-state index >= 15 is 0 Å². The van der Waals surface area contributed by atoms with Crippen molar-refractivity contribution in [1.82, 2.24) is 15.2 Å². The Morgan fingerprint density at radius 1 is 1.31 bits per heavy atom. The van der Waals surface area contributed by atoms with Gasteiger partial charge in [0.15, 0.2) is 0 Å². The van der Waals surface area contributed by atoms with Crippen LogP contribution in [0.1, 0.15) is 51.8 Å². The van der Waals surface area contributed by atoms with Crippen molar-refractivity contribution in [3.05, 3.63) is 35.5 Å². The van der Waals surface area contributed by atoms with Crippen LogP contribution in [-0.4, -0.2) is 58.8 Å². The molecule has 1 saturated heterocycles. The first-order valence-corrected chi connectivity index (χ1v) is 11.4. The number of hydrogen-bond acceptors (Lipinski definition) is 5. The Labute approximate surface area is 206 Å². The Hall–Kier alpha value is -3.31. The molecule has 2 aliphatic rings. The van der Waals surface area contributed by atoms with Crippen molar-refractivity contribution in [1.29, 1.82) is 0 Å². The molecule has 1 aliphatic heterocycles. The molecule has 0 radical (unpaired) electrons. The molecular weight excluding hydrogens is 482 g/mol. The number of nitrogens with zero attached hydrogens (tertiary/aromatic N) is 4. The van der Waals surface area contributed by atoms with Gasteiger partial charge in [0.05, 0.1) is 11.9 Å². The number of aromatic nitrogens is 1. The summed E-state index contributed by atoms with van der Waals surface area (Å²) in [5, 5.41) is 2.68. The van der Waals surface area contributed by atoms with Crippen LogP contribution in [0.25, 0.3) is 5.57 Å². The second kappa shape index (κ2) is 10.4. The molecule has 3 rings (SSSR count).